The van der Waals surface area contributed by atoms with Crippen LogP contribution in [0.1, 0.15) is 31.2 Å². The molecule has 2 N–H and O–H groups in total. The molecule has 0 spiro atoms. The minimum Gasteiger partial charge on any atom is -0.507 e. The maximum Gasteiger partial charge on any atom is 0.233 e. The van der Waals surface area contributed by atoms with Gasteiger partial charge in [0.15, 0.2) is 0 Å². The van der Waals surface area contributed by atoms with Gasteiger partial charge in [-0.25, -0.2) is 4.68 Å². The lowest BCUT2D eigenvalue weighted by Gasteiger charge is -2.28. The number of phenols is 1. The molecule has 3 aromatic rings. The summed E-state index contributed by atoms with van der Waals surface area (Å²) in [6, 6.07) is 10.2. The maximum atomic E-state index is 10.5. The van der Waals surface area contributed by atoms with Crippen molar-refractivity contribution in [3.8, 4) is 28.6 Å². The van der Waals surface area contributed by atoms with Crippen LogP contribution in [-0.4, -0.2) is 43.3 Å². The van der Waals surface area contributed by atoms with Gasteiger partial charge >= 0.3 is 0 Å². The Morgan fingerprint density at radius 2 is 1.93 bits per heavy atom. The summed E-state index contributed by atoms with van der Waals surface area (Å²) in [5.41, 5.74) is 3.10. The van der Waals surface area contributed by atoms with Crippen molar-refractivity contribution in [3.63, 3.8) is 0 Å². The molecule has 2 fully saturated rings. The highest BCUT2D eigenvalue weighted by Crippen LogP contribution is 2.31. The number of nitrogens with zero attached hydrogens (tertiary/aromatic N) is 4. The van der Waals surface area contributed by atoms with Gasteiger partial charge in [0.1, 0.15) is 11.9 Å². The second-order valence-electron chi connectivity index (χ2n) is 7.77. The van der Waals surface area contributed by atoms with Crippen LogP contribution in [-0.2, 0) is 0 Å². The van der Waals surface area contributed by atoms with Crippen LogP contribution in [0, 0.1) is 6.92 Å². The van der Waals surface area contributed by atoms with Crippen molar-refractivity contribution >= 4 is 0 Å². The molecule has 0 amide bonds. The van der Waals surface area contributed by atoms with Gasteiger partial charge in [-0.15, -0.1) is 10.2 Å². The summed E-state index contributed by atoms with van der Waals surface area (Å²) in [6.07, 6.45) is 8.41. The predicted octanol–water partition coefficient (Wildman–Crippen LogP) is 3.01. The van der Waals surface area contributed by atoms with E-state index in [9.17, 15) is 5.11 Å². The number of hydrogen-bond donors (Lipinski definition) is 2. The van der Waals surface area contributed by atoms with Crippen LogP contribution in [0.2, 0.25) is 0 Å². The number of rotatable bonds is 4. The summed E-state index contributed by atoms with van der Waals surface area (Å²) in [5.74, 6) is 0.682. The number of fused-ring (bicyclic) bond motifs is 2. The molecule has 2 atom stereocenters. The maximum absolute atomic E-state index is 10.5. The second-order valence-corrected chi connectivity index (χ2v) is 7.77. The number of ether oxygens (including phenoxy) is 1. The first-order chi connectivity index (χ1) is 13.6. The molecular formula is C21H23N5O2. The number of aromatic hydroxyl groups is 1. The van der Waals surface area contributed by atoms with E-state index in [0.717, 1.165) is 24.1 Å². The average Bonchev–Trinajstić information content (AvgIpc) is 3.27. The van der Waals surface area contributed by atoms with Gasteiger partial charge in [0.2, 0.25) is 5.88 Å². The monoisotopic (exact) mass is 377 g/mol. The molecule has 144 valence electrons. The smallest absolute Gasteiger partial charge is 0.233 e. The Morgan fingerprint density at radius 1 is 1.11 bits per heavy atom. The Morgan fingerprint density at radius 3 is 2.57 bits per heavy atom. The number of piperidine rings is 1. The zero-order valence-electron chi connectivity index (χ0n) is 15.7. The third kappa shape index (κ3) is 3.33. The van der Waals surface area contributed by atoms with E-state index < -0.39 is 0 Å². The Bertz CT molecular complexity index is 973. The normalized spacial score (nSPS) is 23.7. The summed E-state index contributed by atoms with van der Waals surface area (Å²) in [7, 11) is 0. The number of aromatic nitrogens is 4. The van der Waals surface area contributed by atoms with E-state index in [-0.39, 0.29) is 11.9 Å². The molecule has 2 bridgehead atoms. The molecule has 0 aliphatic carbocycles. The molecule has 1 aromatic carbocycles. The van der Waals surface area contributed by atoms with Crippen LogP contribution in [0.4, 0.5) is 0 Å². The van der Waals surface area contributed by atoms with Gasteiger partial charge in [-0.3, -0.25) is 0 Å². The SMILES string of the molecule is Cc1cnn(-c2ccc(-c3ccc(OC4CC5CCC(C4)N5)nn3)c(O)c2)c1. The van der Waals surface area contributed by atoms with Crippen LogP contribution >= 0.6 is 0 Å². The summed E-state index contributed by atoms with van der Waals surface area (Å²) < 4.78 is 7.78. The van der Waals surface area contributed by atoms with E-state index in [1.165, 1.54) is 12.8 Å². The molecule has 2 aromatic heterocycles. The number of benzene rings is 1. The van der Waals surface area contributed by atoms with Gasteiger partial charge < -0.3 is 15.2 Å². The highest BCUT2D eigenvalue weighted by molar-refractivity contribution is 5.68. The van der Waals surface area contributed by atoms with E-state index in [2.05, 4.69) is 20.6 Å². The molecule has 0 saturated carbocycles. The van der Waals surface area contributed by atoms with Gasteiger partial charge in [0, 0.05) is 36.0 Å². The molecule has 7 heteroatoms. The summed E-state index contributed by atoms with van der Waals surface area (Å²) in [6.45, 7) is 1.98. The third-order valence-corrected chi connectivity index (χ3v) is 5.59. The summed E-state index contributed by atoms with van der Waals surface area (Å²) in [5, 5.41) is 26.8. The van der Waals surface area contributed by atoms with Crippen molar-refractivity contribution in [2.24, 2.45) is 0 Å². The van der Waals surface area contributed by atoms with Crippen molar-refractivity contribution in [2.45, 2.75) is 50.8 Å². The van der Waals surface area contributed by atoms with E-state index in [4.69, 9.17) is 4.74 Å². The Labute approximate surface area is 163 Å². The quantitative estimate of drug-likeness (QED) is 0.727. The third-order valence-electron chi connectivity index (χ3n) is 5.59. The van der Waals surface area contributed by atoms with E-state index in [1.807, 2.05) is 37.4 Å². The molecule has 28 heavy (non-hydrogen) atoms. The van der Waals surface area contributed by atoms with Crippen molar-refractivity contribution < 1.29 is 9.84 Å². The lowest BCUT2D eigenvalue weighted by molar-refractivity contribution is 0.130. The van der Waals surface area contributed by atoms with E-state index >= 15 is 0 Å². The van der Waals surface area contributed by atoms with Gasteiger partial charge in [0.25, 0.3) is 0 Å². The first-order valence-electron chi connectivity index (χ1n) is 9.75. The molecule has 2 saturated heterocycles. The lowest BCUT2D eigenvalue weighted by atomic mass is 10.0. The number of hydrogen-bond acceptors (Lipinski definition) is 6. The van der Waals surface area contributed by atoms with Crippen molar-refractivity contribution in [3.05, 3.63) is 48.3 Å². The largest absolute Gasteiger partial charge is 0.507 e. The lowest BCUT2D eigenvalue weighted by Crippen LogP contribution is -2.42. The summed E-state index contributed by atoms with van der Waals surface area (Å²) >= 11 is 0. The van der Waals surface area contributed by atoms with Crippen LogP contribution in [0.3, 0.4) is 0 Å². The standard InChI is InChI=1S/C21H23N5O2/c1-13-11-22-26(12-13)16-4-5-18(20(27)10-16)19-6-7-21(25-24-19)28-17-8-14-2-3-15(9-17)23-14/h4-7,10-12,14-15,17,23,27H,2-3,8-9H2,1H3. The van der Waals surface area contributed by atoms with Gasteiger partial charge in [-0.2, -0.15) is 5.10 Å². The highest BCUT2D eigenvalue weighted by atomic mass is 16.5. The van der Waals surface area contributed by atoms with E-state index in [1.54, 1.807) is 16.9 Å². The Balaban J connectivity index is 1.31. The number of nitrogens with one attached hydrogen (secondary N) is 1. The predicted molar refractivity (Wildman–Crippen MR) is 105 cm³/mol. The molecule has 2 unspecified atom stereocenters. The first kappa shape index (κ1) is 17.2. The fourth-order valence-corrected chi connectivity index (χ4v) is 4.23. The molecular weight excluding hydrogens is 354 g/mol. The van der Waals surface area contributed by atoms with Gasteiger partial charge in [-0.1, -0.05) is 0 Å². The van der Waals surface area contributed by atoms with Crippen LogP contribution < -0.4 is 10.1 Å². The fourth-order valence-electron chi connectivity index (χ4n) is 4.23. The van der Waals surface area contributed by atoms with Gasteiger partial charge in [0.05, 0.1) is 17.6 Å². The van der Waals surface area contributed by atoms with Crippen molar-refractivity contribution in [1.82, 2.24) is 25.3 Å². The van der Waals surface area contributed by atoms with Crippen molar-refractivity contribution in [2.75, 3.05) is 0 Å². The average molecular weight is 377 g/mol. The molecule has 0 radical (unpaired) electrons. The van der Waals surface area contributed by atoms with Crippen molar-refractivity contribution in [1.29, 1.82) is 0 Å². The van der Waals surface area contributed by atoms with E-state index in [0.29, 0.717) is 29.2 Å². The number of aryl methyl sites for hydroxylation is 1. The fraction of sp³-hybridized carbons (Fsp3) is 0.381. The minimum absolute atomic E-state index is 0.142. The Hall–Kier alpha value is -2.93. The van der Waals surface area contributed by atoms with Crippen LogP contribution in [0.5, 0.6) is 11.6 Å². The van der Waals surface area contributed by atoms with Crippen LogP contribution in [0.25, 0.3) is 16.9 Å². The van der Waals surface area contributed by atoms with Gasteiger partial charge in [-0.05, 0) is 56.4 Å². The summed E-state index contributed by atoms with van der Waals surface area (Å²) in [4.78, 5) is 0. The molecule has 7 nitrogen and oxygen atoms in total. The first-order valence-corrected chi connectivity index (χ1v) is 9.75. The minimum atomic E-state index is 0.142. The second kappa shape index (κ2) is 6.91. The Kier molecular flexibility index (Phi) is 4.24. The zero-order valence-corrected chi connectivity index (χ0v) is 15.7. The number of phenolic OH excluding ortho intramolecular Hbond substituents is 1. The molecule has 2 aliphatic rings. The zero-order chi connectivity index (χ0) is 19.1. The highest BCUT2D eigenvalue weighted by Gasteiger charge is 2.34. The molecule has 2 aliphatic heterocycles. The molecule has 5 rings (SSSR count). The molecule has 4 heterocycles. The van der Waals surface area contributed by atoms with Crippen LogP contribution in [0.15, 0.2) is 42.7 Å². The topological polar surface area (TPSA) is 85.1 Å².